The molecule has 0 atom stereocenters. The molecule has 1 amide bonds. The SMILES string of the molecule is Cc1nc(CN(C)CC(=O)N2CCC(O)CC2)no1. The molecule has 0 spiro atoms. The maximum absolute atomic E-state index is 12.0. The molecule has 0 saturated carbocycles. The average molecular weight is 268 g/mol. The Kier molecular flexibility index (Phi) is 4.49. The maximum atomic E-state index is 12.0. The van der Waals surface area contributed by atoms with Crippen LogP contribution < -0.4 is 0 Å². The van der Waals surface area contributed by atoms with Gasteiger partial charge in [-0.3, -0.25) is 9.69 Å². The topological polar surface area (TPSA) is 82.7 Å². The summed E-state index contributed by atoms with van der Waals surface area (Å²) in [6.45, 7) is 3.81. The van der Waals surface area contributed by atoms with Crippen molar-refractivity contribution in [1.29, 1.82) is 0 Å². The lowest BCUT2D eigenvalue weighted by Gasteiger charge is -2.30. The lowest BCUT2D eigenvalue weighted by molar-refractivity contribution is -0.134. The number of piperidine rings is 1. The normalized spacial score (nSPS) is 17.2. The van der Waals surface area contributed by atoms with Gasteiger partial charge in [0.2, 0.25) is 11.8 Å². The molecular formula is C12H20N4O3. The molecule has 7 nitrogen and oxygen atoms in total. The van der Waals surface area contributed by atoms with Crippen molar-refractivity contribution in [2.75, 3.05) is 26.7 Å². The van der Waals surface area contributed by atoms with Crippen LogP contribution in [0.3, 0.4) is 0 Å². The van der Waals surface area contributed by atoms with E-state index in [1.807, 2.05) is 11.9 Å². The number of likely N-dealkylation sites (tertiary alicyclic amines) is 1. The molecule has 0 aromatic carbocycles. The van der Waals surface area contributed by atoms with Gasteiger partial charge in [-0.2, -0.15) is 4.98 Å². The first-order valence-corrected chi connectivity index (χ1v) is 6.48. The molecule has 0 unspecified atom stereocenters. The van der Waals surface area contributed by atoms with E-state index in [2.05, 4.69) is 10.1 Å². The molecule has 106 valence electrons. The van der Waals surface area contributed by atoms with Gasteiger partial charge >= 0.3 is 0 Å². The van der Waals surface area contributed by atoms with E-state index < -0.39 is 0 Å². The molecule has 2 rings (SSSR count). The number of aryl methyl sites for hydroxylation is 1. The number of amides is 1. The van der Waals surface area contributed by atoms with Crippen molar-refractivity contribution in [2.24, 2.45) is 0 Å². The summed E-state index contributed by atoms with van der Waals surface area (Å²) in [6.07, 6.45) is 1.07. The Hall–Kier alpha value is -1.47. The van der Waals surface area contributed by atoms with Gasteiger partial charge in [0, 0.05) is 20.0 Å². The van der Waals surface area contributed by atoms with E-state index in [0.29, 0.717) is 50.7 Å². The third-order valence-corrected chi connectivity index (χ3v) is 3.20. The monoisotopic (exact) mass is 268 g/mol. The zero-order chi connectivity index (χ0) is 13.8. The fraction of sp³-hybridized carbons (Fsp3) is 0.750. The van der Waals surface area contributed by atoms with Crippen LogP contribution in [0.2, 0.25) is 0 Å². The Morgan fingerprint density at radius 2 is 2.21 bits per heavy atom. The largest absolute Gasteiger partial charge is 0.393 e. The highest BCUT2D eigenvalue weighted by Crippen LogP contribution is 2.10. The van der Waals surface area contributed by atoms with Crippen LogP contribution in [0.4, 0.5) is 0 Å². The summed E-state index contributed by atoms with van der Waals surface area (Å²) in [7, 11) is 1.85. The van der Waals surface area contributed by atoms with E-state index in [9.17, 15) is 9.90 Å². The minimum Gasteiger partial charge on any atom is -0.393 e. The van der Waals surface area contributed by atoms with Crippen molar-refractivity contribution >= 4 is 5.91 Å². The molecule has 7 heteroatoms. The fourth-order valence-electron chi connectivity index (χ4n) is 2.15. The second-order valence-electron chi connectivity index (χ2n) is 5.01. The predicted octanol–water partition coefficient (Wildman–Crippen LogP) is -0.207. The number of hydrogen-bond acceptors (Lipinski definition) is 6. The van der Waals surface area contributed by atoms with Gasteiger partial charge < -0.3 is 14.5 Å². The molecule has 1 aliphatic rings. The molecule has 1 N–H and O–H groups in total. The van der Waals surface area contributed by atoms with Crippen LogP contribution >= 0.6 is 0 Å². The van der Waals surface area contributed by atoms with Crippen molar-refractivity contribution in [1.82, 2.24) is 19.9 Å². The summed E-state index contributed by atoms with van der Waals surface area (Å²) >= 11 is 0. The van der Waals surface area contributed by atoms with Crippen LogP contribution in [0.15, 0.2) is 4.52 Å². The molecule has 1 aromatic heterocycles. The van der Waals surface area contributed by atoms with Gasteiger partial charge in [0.15, 0.2) is 5.82 Å². The molecule has 1 aliphatic heterocycles. The lowest BCUT2D eigenvalue weighted by Crippen LogP contribution is -2.44. The van der Waals surface area contributed by atoms with E-state index in [-0.39, 0.29) is 12.0 Å². The van der Waals surface area contributed by atoms with E-state index in [0.717, 1.165) is 0 Å². The first kappa shape index (κ1) is 14.0. The van der Waals surface area contributed by atoms with Gasteiger partial charge in [-0.25, -0.2) is 0 Å². The summed E-state index contributed by atoms with van der Waals surface area (Å²) < 4.78 is 4.89. The first-order valence-electron chi connectivity index (χ1n) is 6.48. The molecule has 1 fully saturated rings. The third-order valence-electron chi connectivity index (χ3n) is 3.20. The lowest BCUT2D eigenvalue weighted by atomic mass is 10.1. The highest BCUT2D eigenvalue weighted by molar-refractivity contribution is 5.78. The number of carbonyl (C=O) groups excluding carboxylic acids is 1. The van der Waals surface area contributed by atoms with Crippen LogP contribution in [0, 0.1) is 6.92 Å². The summed E-state index contributed by atoms with van der Waals surface area (Å²) in [5.74, 6) is 1.19. The predicted molar refractivity (Wildman–Crippen MR) is 67.2 cm³/mol. The number of nitrogens with zero attached hydrogens (tertiary/aromatic N) is 4. The van der Waals surface area contributed by atoms with Gasteiger partial charge in [0.05, 0.1) is 19.2 Å². The summed E-state index contributed by atoms with van der Waals surface area (Å²) in [6, 6.07) is 0. The minimum absolute atomic E-state index is 0.0783. The number of aromatic nitrogens is 2. The Morgan fingerprint density at radius 1 is 1.53 bits per heavy atom. The zero-order valence-electron chi connectivity index (χ0n) is 11.4. The van der Waals surface area contributed by atoms with Crippen LogP contribution in [0.1, 0.15) is 24.6 Å². The quantitative estimate of drug-likeness (QED) is 0.814. The summed E-state index contributed by atoms with van der Waals surface area (Å²) in [4.78, 5) is 19.8. The number of rotatable bonds is 4. The van der Waals surface area contributed by atoms with Crippen molar-refractivity contribution in [3.8, 4) is 0 Å². The molecule has 19 heavy (non-hydrogen) atoms. The Morgan fingerprint density at radius 3 is 2.79 bits per heavy atom. The Balaban J connectivity index is 1.78. The fourth-order valence-corrected chi connectivity index (χ4v) is 2.15. The highest BCUT2D eigenvalue weighted by atomic mass is 16.5. The number of aliphatic hydroxyl groups is 1. The smallest absolute Gasteiger partial charge is 0.236 e. The van der Waals surface area contributed by atoms with Crippen molar-refractivity contribution in [2.45, 2.75) is 32.4 Å². The number of carbonyl (C=O) groups is 1. The van der Waals surface area contributed by atoms with Gasteiger partial charge in [-0.05, 0) is 19.9 Å². The van der Waals surface area contributed by atoms with Crippen LogP contribution in [-0.4, -0.2) is 63.7 Å². The second-order valence-corrected chi connectivity index (χ2v) is 5.01. The maximum Gasteiger partial charge on any atom is 0.236 e. The first-order chi connectivity index (χ1) is 9.04. The van der Waals surface area contributed by atoms with Crippen LogP contribution in [-0.2, 0) is 11.3 Å². The molecule has 0 radical (unpaired) electrons. The summed E-state index contributed by atoms with van der Waals surface area (Å²) in [5.41, 5.74) is 0. The standard InChI is InChI=1S/C12H20N4O3/c1-9-13-11(14-19-9)7-15(2)8-12(18)16-5-3-10(17)4-6-16/h10,17H,3-8H2,1-2H3. The highest BCUT2D eigenvalue weighted by Gasteiger charge is 2.22. The molecule has 1 aromatic rings. The Labute approximate surface area is 112 Å². The van der Waals surface area contributed by atoms with Crippen LogP contribution in [0.25, 0.3) is 0 Å². The second kappa shape index (κ2) is 6.12. The van der Waals surface area contributed by atoms with E-state index in [1.165, 1.54) is 0 Å². The van der Waals surface area contributed by atoms with Crippen molar-refractivity contribution < 1.29 is 14.4 Å². The van der Waals surface area contributed by atoms with E-state index in [1.54, 1.807) is 11.8 Å². The van der Waals surface area contributed by atoms with Gasteiger partial charge in [-0.15, -0.1) is 0 Å². The third kappa shape index (κ3) is 4.00. The number of likely N-dealkylation sites (N-methyl/N-ethyl adjacent to an activating group) is 1. The van der Waals surface area contributed by atoms with Crippen molar-refractivity contribution in [3.05, 3.63) is 11.7 Å². The number of hydrogen-bond donors (Lipinski definition) is 1. The Bertz CT molecular complexity index is 426. The molecule has 0 bridgehead atoms. The van der Waals surface area contributed by atoms with Gasteiger partial charge in [0.1, 0.15) is 0 Å². The average Bonchev–Trinajstić information content (AvgIpc) is 2.75. The molecular weight excluding hydrogens is 248 g/mol. The molecule has 2 heterocycles. The van der Waals surface area contributed by atoms with E-state index in [4.69, 9.17) is 4.52 Å². The summed E-state index contributed by atoms with van der Waals surface area (Å²) in [5, 5.41) is 13.2. The van der Waals surface area contributed by atoms with Gasteiger partial charge in [0.25, 0.3) is 0 Å². The molecule has 1 saturated heterocycles. The van der Waals surface area contributed by atoms with Gasteiger partial charge in [-0.1, -0.05) is 5.16 Å². The van der Waals surface area contributed by atoms with E-state index >= 15 is 0 Å². The molecule has 0 aliphatic carbocycles. The number of aliphatic hydroxyl groups excluding tert-OH is 1. The minimum atomic E-state index is -0.260. The van der Waals surface area contributed by atoms with Crippen molar-refractivity contribution in [3.63, 3.8) is 0 Å². The zero-order valence-corrected chi connectivity index (χ0v) is 11.4. The van der Waals surface area contributed by atoms with Crippen LogP contribution in [0.5, 0.6) is 0 Å².